The van der Waals surface area contributed by atoms with Crippen LogP contribution in [0.3, 0.4) is 0 Å². The van der Waals surface area contributed by atoms with Crippen molar-refractivity contribution >= 4 is 28.3 Å². The maximum absolute atomic E-state index is 13.0. The molecule has 1 unspecified atom stereocenters. The number of aliphatic hydroxyl groups excluding tert-OH is 1. The van der Waals surface area contributed by atoms with E-state index in [1.54, 1.807) is 23.5 Å². The summed E-state index contributed by atoms with van der Waals surface area (Å²) in [6.07, 6.45) is 4.94. The van der Waals surface area contributed by atoms with Crippen molar-refractivity contribution in [2.45, 2.75) is 56.8 Å². The number of piperidine rings is 3. The molecule has 1 amide bonds. The quantitative estimate of drug-likeness (QED) is 0.106. The molecule has 2 aromatic carbocycles. The molecule has 0 radical (unpaired) electrons. The number of aromatic amines is 1. The van der Waals surface area contributed by atoms with Crippen LogP contribution in [0.4, 0.5) is 4.79 Å². The number of aliphatic hydroxyl groups is 1. The van der Waals surface area contributed by atoms with Gasteiger partial charge in [0.05, 0.1) is 24.3 Å². The van der Waals surface area contributed by atoms with E-state index < -0.39 is 6.10 Å². The average molecular weight is 661 g/mol. The average Bonchev–Trinajstić information content (AvgIpc) is 3.62. The van der Waals surface area contributed by atoms with E-state index in [0.29, 0.717) is 35.5 Å². The van der Waals surface area contributed by atoms with E-state index >= 15 is 0 Å². The number of hydrogen-bond acceptors (Lipinski definition) is 9. The summed E-state index contributed by atoms with van der Waals surface area (Å²) in [5, 5.41) is 31.9. The number of aromatic hydroxyl groups is 1. The Labute approximate surface area is 278 Å². The van der Waals surface area contributed by atoms with Gasteiger partial charge in [-0.25, -0.2) is 4.79 Å². The number of H-pyrrole nitrogens is 1. The summed E-state index contributed by atoms with van der Waals surface area (Å²) < 4.78 is 12.0. The summed E-state index contributed by atoms with van der Waals surface area (Å²) in [6, 6.07) is 15.8. The number of rotatable bonds is 15. The van der Waals surface area contributed by atoms with Gasteiger partial charge in [0.25, 0.3) is 0 Å². The monoisotopic (exact) mass is 660 g/mol. The highest BCUT2D eigenvalue weighted by Gasteiger charge is 2.37. The number of benzene rings is 2. The lowest BCUT2D eigenvalue weighted by molar-refractivity contribution is -0.0336. The van der Waals surface area contributed by atoms with Crippen LogP contribution in [-0.2, 0) is 4.74 Å². The molecule has 3 saturated heterocycles. The van der Waals surface area contributed by atoms with Crippen LogP contribution in [-0.4, -0.2) is 71.6 Å². The molecule has 0 saturated carbocycles. The Bertz CT molecular complexity index is 1670. The lowest BCUT2D eigenvalue weighted by Crippen LogP contribution is -2.52. The third-order valence-corrected chi connectivity index (χ3v) is 10.0. The number of carbonyl (C=O) groups excluding carboxylic acids is 1. The second kappa shape index (κ2) is 15.8. The largest absolute Gasteiger partial charge is 0.506 e. The van der Waals surface area contributed by atoms with Gasteiger partial charge in [-0.3, -0.25) is 9.69 Å². The van der Waals surface area contributed by atoms with E-state index in [4.69, 9.17) is 9.47 Å². The second-order valence-corrected chi connectivity index (χ2v) is 13.3. The van der Waals surface area contributed by atoms with Gasteiger partial charge >= 0.3 is 6.09 Å². The molecule has 3 aliphatic heterocycles. The van der Waals surface area contributed by atoms with Crippen LogP contribution in [0.15, 0.2) is 70.2 Å². The number of amides is 1. The molecule has 47 heavy (non-hydrogen) atoms. The number of pyridine rings is 1. The fourth-order valence-corrected chi connectivity index (χ4v) is 7.40. The first-order chi connectivity index (χ1) is 22.9. The molecule has 4 aromatic rings. The van der Waals surface area contributed by atoms with Crippen molar-refractivity contribution in [3.63, 3.8) is 0 Å². The number of phenols is 1. The first kappa shape index (κ1) is 33.0. The van der Waals surface area contributed by atoms with Crippen LogP contribution < -0.4 is 20.9 Å². The minimum atomic E-state index is -0.765. The molecule has 2 aromatic heterocycles. The Morgan fingerprint density at radius 1 is 1.04 bits per heavy atom. The first-order valence-electron chi connectivity index (χ1n) is 16.6. The van der Waals surface area contributed by atoms with E-state index in [1.807, 2.05) is 35.7 Å². The van der Waals surface area contributed by atoms with E-state index in [9.17, 15) is 19.8 Å². The Morgan fingerprint density at radius 2 is 1.89 bits per heavy atom. The number of phenolic OH excluding ortho intramolecular Hbond substituents is 1. The summed E-state index contributed by atoms with van der Waals surface area (Å²) in [4.78, 5) is 29.7. The molecule has 0 aliphatic carbocycles. The van der Waals surface area contributed by atoms with E-state index in [1.165, 1.54) is 12.1 Å². The Balaban J connectivity index is 0.912. The zero-order chi connectivity index (χ0) is 32.6. The van der Waals surface area contributed by atoms with Gasteiger partial charge in [0.15, 0.2) is 0 Å². The molecule has 0 spiro atoms. The predicted molar refractivity (Wildman–Crippen MR) is 183 cm³/mol. The number of fused-ring (bicyclic) bond motifs is 4. The maximum Gasteiger partial charge on any atom is 0.408 e. The highest BCUT2D eigenvalue weighted by molar-refractivity contribution is 7.08. The fraction of sp³-hybridized carbons (Fsp3) is 0.444. The standard InChI is InChI=1S/C36H44N4O6S/c41-30-10-8-28(29-9-11-33(43)38-35(29)30)31(42)21-37-15-3-1-2-4-18-45-27-7-5-6-25(20-27)34(26-14-19-47-23-26)39-36(44)46-32-22-40-16-12-24(32)13-17-40/h5-11,14,19-20,23-24,31-32,34,37,41-42H,1-4,12-13,15-18,21-22H2,(H,38,43)(H,39,44)/t31-,32+,34?/m1/s1. The minimum absolute atomic E-state index is 0.0190. The third kappa shape index (κ3) is 8.53. The number of hydrogen-bond donors (Lipinski definition) is 5. The van der Waals surface area contributed by atoms with Gasteiger partial charge in [0, 0.05) is 24.5 Å². The van der Waals surface area contributed by atoms with Gasteiger partial charge < -0.3 is 35.3 Å². The molecular formula is C36H44N4O6S. The fourth-order valence-electron chi connectivity index (χ4n) is 6.71. The SMILES string of the molecule is O=C(NC(c1ccsc1)c1cccc(OCCCCCCNC[C@@H](O)c2ccc(O)c3[nH]c(=O)ccc23)c1)O[C@H]1CN2CCC1CC2. The summed E-state index contributed by atoms with van der Waals surface area (Å²) in [6.45, 7) is 4.78. The maximum atomic E-state index is 13.0. The van der Waals surface area contributed by atoms with E-state index in [-0.39, 0.29) is 29.5 Å². The number of thiophene rings is 1. The highest BCUT2D eigenvalue weighted by Crippen LogP contribution is 2.31. The molecule has 7 rings (SSSR count). The van der Waals surface area contributed by atoms with Crippen molar-refractivity contribution < 1.29 is 24.5 Å². The number of nitrogens with zero attached hydrogens (tertiary/aromatic N) is 1. The summed E-state index contributed by atoms with van der Waals surface area (Å²) >= 11 is 1.60. The molecule has 2 bridgehead atoms. The number of nitrogens with one attached hydrogen (secondary N) is 3. The molecule has 11 heteroatoms. The minimum Gasteiger partial charge on any atom is -0.506 e. The zero-order valence-electron chi connectivity index (χ0n) is 26.5. The number of carbonyl (C=O) groups is 1. The topological polar surface area (TPSA) is 136 Å². The van der Waals surface area contributed by atoms with Gasteiger partial charge in [-0.15, -0.1) is 0 Å². The van der Waals surface area contributed by atoms with Crippen molar-refractivity contribution in [1.82, 2.24) is 20.5 Å². The lowest BCUT2D eigenvalue weighted by atomic mass is 9.86. The lowest BCUT2D eigenvalue weighted by Gasteiger charge is -2.43. The normalized spacial score (nSPS) is 20.1. The van der Waals surface area contributed by atoms with Crippen molar-refractivity contribution in [3.05, 3.63) is 92.4 Å². The summed E-state index contributed by atoms with van der Waals surface area (Å²) in [5.74, 6) is 1.21. The van der Waals surface area contributed by atoms with Crippen molar-refractivity contribution in [2.75, 3.05) is 39.3 Å². The molecule has 5 heterocycles. The molecule has 3 aliphatic rings. The van der Waals surface area contributed by atoms with Crippen LogP contribution >= 0.6 is 11.3 Å². The van der Waals surface area contributed by atoms with E-state index in [2.05, 4.69) is 25.9 Å². The van der Waals surface area contributed by atoms with Crippen LogP contribution in [0.1, 0.15) is 67.4 Å². The van der Waals surface area contributed by atoms with Crippen LogP contribution in [0.5, 0.6) is 11.5 Å². The first-order valence-corrected chi connectivity index (χ1v) is 17.6. The van der Waals surface area contributed by atoms with Crippen LogP contribution in [0.25, 0.3) is 10.9 Å². The summed E-state index contributed by atoms with van der Waals surface area (Å²) in [5.41, 5.74) is 2.66. The molecule has 5 N–H and O–H groups in total. The highest BCUT2D eigenvalue weighted by atomic mass is 32.1. The van der Waals surface area contributed by atoms with Gasteiger partial charge in [-0.05, 0) is 109 Å². The van der Waals surface area contributed by atoms with Crippen molar-refractivity contribution in [1.29, 1.82) is 0 Å². The van der Waals surface area contributed by atoms with Crippen molar-refractivity contribution in [2.24, 2.45) is 5.92 Å². The Morgan fingerprint density at radius 3 is 2.68 bits per heavy atom. The second-order valence-electron chi connectivity index (χ2n) is 12.6. The summed E-state index contributed by atoms with van der Waals surface area (Å²) in [7, 11) is 0. The van der Waals surface area contributed by atoms with E-state index in [0.717, 1.165) is 81.6 Å². The predicted octanol–water partition coefficient (Wildman–Crippen LogP) is 5.47. The zero-order valence-corrected chi connectivity index (χ0v) is 27.3. The van der Waals surface area contributed by atoms with Crippen molar-refractivity contribution in [3.8, 4) is 11.5 Å². The Kier molecular flexibility index (Phi) is 11.1. The third-order valence-electron chi connectivity index (χ3n) is 9.30. The van der Waals surface area contributed by atoms with Gasteiger partial charge in [0.1, 0.15) is 17.6 Å². The number of alkyl carbamates (subject to hydrolysis) is 1. The molecular weight excluding hydrogens is 616 g/mol. The van der Waals surface area contributed by atoms with Crippen LogP contribution in [0.2, 0.25) is 0 Å². The molecule has 3 fully saturated rings. The van der Waals surface area contributed by atoms with Gasteiger partial charge in [-0.1, -0.05) is 31.0 Å². The number of ether oxygens (including phenoxy) is 2. The van der Waals surface area contributed by atoms with Gasteiger partial charge in [0.2, 0.25) is 5.56 Å². The molecule has 3 atom stereocenters. The molecule has 10 nitrogen and oxygen atoms in total. The number of aromatic nitrogens is 1. The number of unbranched alkanes of at least 4 members (excludes halogenated alkanes) is 3. The molecule has 250 valence electrons. The van der Waals surface area contributed by atoms with Gasteiger partial charge in [-0.2, -0.15) is 11.3 Å². The van der Waals surface area contributed by atoms with Crippen LogP contribution in [0, 0.1) is 5.92 Å². The smallest absolute Gasteiger partial charge is 0.408 e. The Hall–Kier alpha value is -3.90.